The summed E-state index contributed by atoms with van der Waals surface area (Å²) in [5.74, 6) is -0.267. The van der Waals surface area contributed by atoms with Gasteiger partial charge in [-0.05, 0) is 19.3 Å². The number of hydrogen-bond donors (Lipinski definition) is 12. The lowest BCUT2D eigenvalue weighted by molar-refractivity contribution is -0.379. The van der Waals surface area contributed by atoms with Gasteiger partial charge in [0.15, 0.2) is 18.9 Å². The number of allylic oxidation sites excluding steroid dienone is 1. The lowest BCUT2D eigenvalue weighted by Crippen LogP contribution is -2.66. The van der Waals surface area contributed by atoms with Crippen molar-refractivity contribution in [3.8, 4) is 0 Å². The number of aliphatic hydroxyl groups excluding tert-OH is 11. The van der Waals surface area contributed by atoms with E-state index in [1.54, 1.807) is 6.08 Å². The molecule has 12 N–H and O–H groups in total. The molecule has 0 spiro atoms. The molecule has 3 fully saturated rings. The summed E-state index contributed by atoms with van der Waals surface area (Å²) in [6.07, 6.45) is 37.6. The van der Waals surface area contributed by atoms with E-state index in [1.165, 1.54) is 250 Å². The van der Waals surface area contributed by atoms with Crippen molar-refractivity contribution in [1.82, 2.24) is 5.32 Å². The molecule has 1 amide bonds. The second-order valence-electron chi connectivity index (χ2n) is 27.8. The number of ether oxygens (including phenoxy) is 6. The van der Waals surface area contributed by atoms with E-state index in [4.69, 9.17) is 28.4 Å². The summed E-state index contributed by atoms with van der Waals surface area (Å²) >= 11 is 0. The number of hydrogen-bond acceptors (Lipinski definition) is 18. The molecule has 0 saturated carbocycles. The number of carbonyl (C=O) groups excluding carboxylic acids is 1. The van der Waals surface area contributed by atoms with Crippen LogP contribution in [0, 0.1) is 0 Å². The number of nitrogens with one attached hydrogen (secondary N) is 1. The van der Waals surface area contributed by atoms with Crippen molar-refractivity contribution in [3.05, 3.63) is 12.2 Å². The van der Waals surface area contributed by atoms with Crippen molar-refractivity contribution in [1.29, 1.82) is 0 Å². The van der Waals surface area contributed by atoms with Crippen LogP contribution in [0.3, 0.4) is 0 Å². The summed E-state index contributed by atoms with van der Waals surface area (Å²) in [4.78, 5) is 13.5. The summed E-state index contributed by atoms with van der Waals surface area (Å²) in [6, 6.07) is -0.969. The van der Waals surface area contributed by atoms with E-state index >= 15 is 0 Å². The first-order valence-electron chi connectivity index (χ1n) is 38.4. The van der Waals surface area contributed by atoms with Crippen molar-refractivity contribution in [2.45, 2.75) is 426 Å². The van der Waals surface area contributed by atoms with Crippen LogP contribution in [-0.2, 0) is 33.2 Å². The Morgan fingerprint density at radius 2 is 0.667 bits per heavy atom. The third-order valence-corrected chi connectivity index (χ3v) is 19.6. The minimum absolute atomic E-state index is 0.250. The van der Waals surface area contributed by atoms with Crippen LogP contribution >= 0.6 is 0 Å². The third-order valence-electron chi connectivity index (χ3n) is 19.6. The molecule has 3 rings (SSSR count). The van der Waals surface area contributed by atoms with Crippen molar-refractivity contribution in [3.63, 3.8) is 0 Å². The van der Waals surface area contributed by atoms with Gasteiger partial charge in [-0.1, -0.05) is 309 Å². The van der Waals surface area contributed by atoms with Crippen LogP contribution in [-0.4, -0.2) is 193 Å². The van der Waals surface area contributed by atoms with Gasteiger partial charge in [-0.15, -0.1) is 0 Å². The van der Waals surface area contributed by atoms with Gasteiger partial charge in [0.05, 0.1) is 38.6 Å². The van der Waals surface area contributed by atoms with Gasteiger partial charge in [-0.3, -0.25) is 4.79 Å². The number of rotatable bonds is 61. The Morgan fingerprint density at radius 1 is 0.376 bits per heavy atom. The Hall–Kier alpha value is -1.47. The quantitative estimate of drug-likeness (QED) is 0.0199. The normalized spacial score (nSPS) is 27.5. The van der Waals surface area contributed by atoms with Crippen LogP contribution in [0.4, 0.5) is 0 Å². The topological polar surface area (TPSA) is 307 Å². The van der Waals surface area contributed by atoms with Gasteiger partial charge in [0.1, 0.15) is 73.2 Å². The molecule has 19 heteroatoms. The molecule has 0 aromatic carbocycles. The molecule has 550 valence electrons. The molecule has 3 aliphatic rings. The molecule has 0 aromatic heterocycles. The molecule has 0 aliphatic carbocycles. The highest BCUT2D eigenvalue weighted by atomic mass is 16.8. The largest absolute Gasteiger partial charge is 0.394 e. The predicted octanol–water partition coefficient (Wildman–Crippen LogP) is 11.6. The highest BCUT2D eigenvalue weighted by Crippen LogP contribution is 2.33. The smallest absolute Gasteiger partial charge is 0.220 e. The third kappa shape index (κ3) is 37.5. The molecule has 3 aliphatic heterocycles. The minimum atomic E-state index is -1.98. The van der Waals surface area contributed by atoms with Crippen LogP contribution in [0.5, 0.6) is 0 Å². The van der Waals surface area contributed by atoms with Crippen LogP contribution in [0.15, 0.2) is 12.2 Å². The van der Waals surface area contributed by atoms with Gasteiger partial charge >= 0.3 is 0 Å². The first-order chi connectivity index (χ1) is 45.3. The zero-order valence-corrected chi connectivity index (χ0v) is 58.5. The summed E-state index contributed by atoms with van der Waals surface area (Å²) in [5, 5.41) is 121. The fourth-order valence-corrected chi connectivity index (χ4v) is 13.4. The molecule has 3 saturated heterocycles. The van der Waals surface area contributed by atoms with Gasteiger partial charge in [0, 0.05) is 6.42 Å². The average molecular weight is 1330 g/mol. The lowest BCUT2D eigenvalue weighted by Gasteiger charge is -2.48. The Balaban J connectivity index is 1.40. The maximum absolute atomic E-state index is 13.5. The van der Waals surface area contributed by atoms with E-state index in [-0.39, 0.29) is 18.9 Å². The van der Waals surface area contributed by atoms with E-state index in [0.717, 1.165) is 44.9 Å². The maximum atomic E-state index is 13.5. The Labute approximate surface area is 563 Å². The van der Waals surface area contributed by atoms with Crippen molar-refractivity contribution < 1.29 is 89.4 Å². The molecule has 3 heterocycles. The minimum Gasteiger partial charge on any atom is -0.394 e. The fraction of sp³-hybridized carbons (Fsp3) is 0.959. The van der Waals surface area contributed by atoms with E-state index < -0.39 is 124 Å². The van der Waals surface area contributed by atoms with Crippen molar-refractivity contribution in [2.24, 2.45) is 0 Å². The molecule has 0 aromatic rings. The zero-order chi connectivity index (χ0) is 67.5. The Bertz CT molecular complexity index is 1730. The van der Waals surface area contributed by atoms with E-state index in [2.05, 4.69) is 19.2 Å². The van der Waals surface area contributed by atoms with Crippen molar-refractivity contribution >= 4 is 5.91 Å². The Morgan fingerprint density at radius 3 is 1.01 bits per heavy atom. The zero-order valence-electron chi connectivity index (χ0n) is 58.5. The molecule has 17 atom stereocenters. The molecular formula is C74H141NO18. The van der Waals surface area contributed by atoms with Gasteiger partial charge in [0.25, 0.3) is 0 Å². The van der Waals surface area contributed by atoms with E-state index in [9.17, 15) is 61.0 Å². The van der Waals surface area contributed by atoms with Gasteiger partial charge < -0.3 is 89.9 Å². The number of amides is 1. The molecule has 19 nitrogen and oxygen atoms in total. The van der Waals surface area contributed by atoms with Gasteiger partial charge in [-0.25, -0.2) is 0 Å². The predicted molar refractivity (Wildman–Crippen MR) is 365 cm³/mol. The molecule has 0 radical (unpaired) electrons. The molecule has 17 unspecified atom stereocenters. The number of aliphatic hydroxyl groups is 11. The first kappa shape index (κ1) is 85.8. The number of carbonyl (C=O) groups is 1. The van der Waals surface area contributed by atoms with Gasteiger partial charge in [-0.2, -0.15) is 0 Å². The average Bonchev–Trinajstić information content (AvgIpc) is 0.996. The monoisotopic (exact) mass is 1330 g/mol. The summed E-state index contributed by atoms with van der Waals surface area (Å²) in [7, 11) is 0. The maximum Gasteiger partial charge on any atom is 0.220 e. The van der Waals surface area contributed by atoms with Crippen LogP contribution in [0.2, 0.25) is 0 Å². The highest BCUT2D eigenvalue weighted by molar-refractivity contribution is 5.76. The Kier molecular flexibility index (Phi) is 51.9. The fourth-order valence-electron chi connectivity index (χ4n) is 13.4. The second-order valence-corrected chi connectivity index (χ2v) is 27.8. The standard InChI is InChI=1S/C74H141NO18/c1-3-5-7-9-11-13-15-17-19-21-23-25-27-29-31-33-35-37-39-41-43-45-47-49-51-58(79)57(75-62(80)52-50-48-46-44-42-40-38-36-34-32-30-28-26-24-22-20-18-16-14-12-10-8-6-4-2)56-88-72-68(86)65(83)70(60(54-77)90-72)93-74-69(87)66(84)71(61(55-78)91-74)92-73-67(85)64(82)63(81)59(53-76)89-73/h49,51,57-61,63-74,76-79,81-87H,3-48,50,52-56H2,1-2H3,(H,75,80)/b51-49+. The number of unbranched alkanes of at least 4 members (excludes halogenated alkanes) is 45. The molecule has 93 heavy (non-hydrogen) atoms. The second kappa shape index (κ2) is 56.3. The molecular weight excluding hydrogens is 1190 g/mol. The van der Waals surface area contributed by atoms with Crippen LogP contribution < -0.4 is 5.32 Å². The van der Waals surface area contributed by atoms with Crippen LogP contribution in [0.25, 0.3) is 0 Å². The summed E-state index contributed by atoms with van der Waals surface area (Å²) in [5.41, 5.74) is 0. The van der Waals surface area contributed by atoms with Crippen LogP contribution in [0.1, 0.15) is 322 Å². The van der Waals surface area contributed by atoms with Gasteiger partial charge in [0.2, 0.25) is 5.91 Å². The SMILES string of the molecule is CCCCCCCCCCCCCCCCCCCCCCCC/C=C/C(O)C(COC1OC(CO)C(OC2OC(CO)C(OC3OC(CO)C(O)C(O)C3O)C(O)C2O)C(O)C1O)NC(=O)CCCCCCCCCCCCCCCCCCCCCCCCCC. The van der Waals surface area contributed by atoms with E-state index in [1.807, 2.05) is 6.08 Å². The molecule has 0 bridgehead atoms. The van der Waals surface area contributed by atoms with Crippen molar-refractivity contribution in [2.75, 3.05) is 26.4 Å². The first-order valence-corrected chi connectivity index (χ1v) is 38.4. The highest BCUT2D eigenvalue weighted by Gasteiger charge is 2.53. The lowest BCUT2D eigenvalue weighted by atomic mass is 9.96. The summed E-state index contributed by atoms with van der Waals surface area (Å²) < 4.78 is 34.4. The van der Waals surface area contributed by atoms with E-state index in [0.29, 0.717) is 6.42 Å². The summed E-state index contributed by atoms with van der Waals surface area (Å²) in [6.45, 7) is 1.80.